The number of hydrogen-bond donors (Lipinski definition) is 2. The van der Waals surface area contributed by atoms with Gasteiger partial charge >= 0.3 is 0 Å². The number of hydrogen-bond acceptors (Lipinski definition) is 7. The van der Waals surface area contributed by atoms with Crippen LogP contribution in [0.15, 0.2) is 62.9 Å². The van der Waals surface area contributed by atoms with Gasteiger partial charge < -0.3 is 15.2 Å². The Balaban J connectivity index is 1.46. The van der Waals surface area contributed by atoms with E-state index in [1.807, 2.05) is 18.2 Å². The van der Waals surface area contributed by atoms with Crippen molar-refractivity contribution in [1.82, 2.24) is 24.8 Å². The van der Waals surface area contributed by atoms with Crippen LogP contribution in [0.25, 0.3) is 33.5 Å². The lowest BCUT2D eigenvalue weighted by Gasteiger charge is -2.04. The molecule has 0 aliphatic rings. The number of nitrogens with two attached hydrogens (primary N) is 1. The highest BCUT2D eigenvalue weighted by molar-refractivity contribution is 7.98. The zero-order valence-electron chi connectivity index (χ0n) is 14.8. The van der Waals surface area contributed by atoms with Gasteiger partial charge in [-0.25, -0.2) is 14.1 Å². The van der Waals surface area contributed by atoms with E-state index in [-0.39, 0.29) is 28.3 Å². The van der Waals surface area contributed by atoms with Crippen LogP contribution in [0, 0.1) is 5.82 Å². The van der Waals surface area contributed by atoms with Gasteiger partial charge in [-0.1, -0.05) is 36.0 Å². The highest BCUT2D eigenvalue weighted by atomic mass is 32.2. The number of para-hydroxylation sites is 1. The first-order chi connectivity index (χ1) is 14.1. The van der Waals surface area contributed by atoms with E-state index in [1.54, 1.807) is 24.3 Å². The van der Waals surface area contributed by atoms with Crippen molar-refractivity contribution in [3.05, 3.63) is 70.5 Å². The summed E-state index contributed by atoms with van der Waals surface area (Å²) in [5, 5.41) is 9.13. The highest BCUT2D eigenvalue weighted by Gasteiger charge is 2.17. The summed E-state index contributed by atoms with van der Waals surface area (Å²) in [6, 6.07) is 13.5. The number of aromatic nitrogens is 5. The number of fused-ring (bicyclic) bond motifs is 3. The second-order valence-corrected chi connectivity index (χ2v) is 7.18. The second kappa shape index (κ2) is 6.74. The molecule has 2 aromatic carbocycles. The Kier molecular flexibility index (Phi) is 4.06. The molecule has 0 saturated carbocycles. The number of nitrogens with zero attached hydrogens (tertiary/aromatic N) is 4. The lowest BCUT2D eigenvalue weighted by molar-refractivity contribution is 0.629. The zero-order valence-corrected chi connectivity index (χ0v) is 15.6. The van der Waals surface area contributed by atoms with Gasteiger partial charge in [-0.2, -0.15) is 0 Å². The molecule has 10 heteroatoms. The number of H-pyrrole nitrogens is 1. The molecule has 0 radical (unpaired) electrons. The zero-order chi connectivity index (χ0) is 20.0. The van der Waals surface area contributed by atoms with Crippen LogP contribution >= 0.6 is 11.8 Å². The van der Waals surface area contributed by atoms with Crippen molar-refractivity contribution in [2.24, 2.45) is 0 Å². The normalized spacial score (nSPS) is 11.5. The molecule has 29 heavy (non-hydrogen) atoms. The summed E-state index contributed by atoms with van der Waals surface area (Å²) in [6.45, 7) is 0. The van der Waals surface area contributed by atoms with Crippen molar-refractivity contribution >= 4 is 33.8 Å². The number of halogens is 1. The first kappa shape index (κ1) is 17.4. The number of aromatic amines is 1. The smallest absolute Gasteiger partial charge is 0.294 e. The van der Waals surface area contributed by atoms with Crippen LogP contribution in [0.5, 0.6) is 0 Å². The van der Waals surface area contributed by atoms with Crippen molar-refractivity contribution in [3.63, 3.8) is 0 Å². The minimum atomic E-state index is -0.438. The fourth-order valence-corrected chi connectivity index (χ4v) is 3.78. The predicted molar refractivity (Wildman–Crippen MR) is 107 cm³/mol. The molecule has 0 spiro atoms. The van der Waals surface area contributed by atoms with Gasteiger partial charge in [-0.3, -0.25) is 4.79 Å². The number of furan rings is 1. The quantitative estimate of drug-likeness (QED) is 0.347. The minimum absolute atomic E-state index is 0.184. The Labute approximate surface area is 166 Å². The molecule has 0 atom stereocenters. The van der Waals surface area contributed by atoms with E-state index < -0.39 is 5.82 Å². The maximum atomic E-state index is 14.0. The molecule has 5 aromatic rings. The molecule has 0 fully saturated rings. The van der Waals surface area contributed by atoms with Crippen LogP contribution in [0.1, 0.15) is 5.82 Å². The molecule has 8 nitrogen and oxygen atoms in total. The standard InChI is InChI=1S/C19H13FN6O2S/c20-12-7-3-1-5-10(12)17-24-25-19(26(17)21)29-9-14-22-15-11-6-2-4-8-13(11)28-16(15)18(27)23-14/h1-8H,9,21H2,(H,22,23,27). The van der Waals surface area contributed by atoms with Crippen molar-refractivity contribution < 1.29 is 8.81 Å². The molecule has 0 unspecified atom stereocenters. The molecule has 5 rings (SSSR count). The molecule has 0 aliphatic heterocycles. The van der Waals surface area contributed by atoms with Gasteiger partial charge in [-0.15, -0.1) is 10.2 Å². The summed E-state index contributed by atoms with van der Waals surface area (Å²) in [5.74, 6) is 6.54. The average molecular weight is 408 g/mol. The Morgan fingerprint density at radius 3 is 2.79 bits per heavy atom. The number of thioether (sulfide) groups is 1. The Morgan fingerprint density at radius 2 is 1.93 bits per heavy atom. The highest BCUT2D eigenvalue weighted by Crippen LogP contribution is 2.27. The summed E-state index contributed by atoms with van der Waals surface area (Å²) < 4.78 is 20.8. The van der Waals surface area contributed by atoms with Crippen LogP contribution in [-0.4, -0.2) is 24.8 Å². The third kappa shape index (κ3) is 2.93. The third-order valence-electron chi connectivity index (χ3n) is 4.40. The van der Waals surface area contributed by atoms with Crippen molar-refractivity contribution in [1.29, 1.82) is 0 Å². The van der Waals surface area contributed by atoms with E-state index in [4.69, 9.17) is 10.3 Å². The van der Waals surface area contributed by atoms with E-state index in [9.17, 15) is 9.18 Å². The van der Waals surface area contributed by atoms with E-state index in [0.717, 1.165) is 5.39 Å². The van der Waals surface area contributed by atoms with Gasteiger partial charge in [0.15, 0.2) is 5.82 Å². The summed E-state index contributed by atoms with van der Waals surface area (Å²) >= 11 is 1.23. The number of nitrogens with one attached hydrogen (secondary N) is 1. The molecular weight excluding hydrogens is 395 g/mol. The first-order valence-electron chi connectivity index (χ1n) is 8.60. The Hall–Kier alpha value is -3.66. The van der Waals surface area contributed by atoms with Crippen LogP contribution in [0.3, 0.4) is 0 Å². The fourth-order valence-electron chi connectivity index (χ4n) is 3.05. The van der Waals surface area contributed by atoms with Gasteiger partial charge in [0, 0.05) is 5.39 Å². The van der Waals surface area contributed by atoms with Gasteiger partial charge in [0.2, 0.25) is 10.7 Å². The third-order valence-corrected chi connectivity index (χ3v) is 5.35. The molecule has 3 aromatic heterocycles. The average Bonchev–Trinajstić information content (AvgIpc) is 3.28. The summed E-state index contributed by atoms with van der Waals surface area (Å²) in [5.41, 5.74) is 1.18. The molecule has 3 N–H and O–H groups in total. The molecule has 144 valence electrons. The molecule has 3 heterocycles. The van der Waals surface area contributed by atoms with Gasteiger partial charge in [0.1, 0.15) is 22.7 Å². The molecule has 0 saturated heterocycles. The van der Waals surface area contributed by atoms with Crippen LogP contribution in [-0.2, 0) is 5.75 Å². The number of nitrogen functional groups attached to an aromatic ring is 1. The van der Waals surface area contributed by atoms with Gasteiger partial charge in [0.25, 0.3) is 5.56 Å². The Morgan fingerprint density at radius 1 is 1.14 bits per heavy atom. The second-order valence-electron chi connectivity index (χ2n) is 6.23. The van der Waals surface area contributed by atoms with Crippen LogP contribution in [0.4, 0.5) is 4.39 Å². The monoisotopic (exact) mass is 408 g/mol. The molecular formula is C19H13FN6O2S. The summed E-state index contributed by atoms with van der Waals surface area (Å²) in [6.07, 6.45) is 0. The summed E-state index contributed by atoms with van der Waals surface area (Å²) in [4.78, 5) is 19.6. The van der Waals surface area contributed by atoms with Crippen molar-refractivity contribution in [3.8, 4) is 11.4 Å². The van der Waals surface area contributed by atoms with Crippen molar-refractivity contribution in [2.75, 3.05) is 5.84 Å². The lowest BCUT2D eigenvalue weighted by atomic mass is 10.2. The van der Waals surface area contributed by atoms with Crippen molar-refractivity contribution in [2.45, 2.75) is 10.9 Å². The van der Waals surface area contributed by atoms with Crippen LogP contribution < -0.4 is 11.4 Å². The predicted octanol–water partition coefficient (Wildman–Crippen LogP) is 3.07. The molecule has 0 aliphatic carbocycles. The molecule has 0 amide bonds. The molecule has 0 bridgehead atoms. The topological polar surface area (TPSA) is 116 Å². The number of benzene rings is 2. The van der Waals surface area contributed by atoms with E-state index in [2.05, 4.69) is 20.2 Å². The van der Waals surface area contributed by atoms with E-state index in [1.165, 1.54) is 22.5 Å². The van der Waals surface area contributed by atoms with E-state index >= 15 is 0 Å². The van der Waals surface area contributed by atoms with Crippen LogP contribution in [0.2, 0.25) is 0 Å². The maximum absolute atomic E-state index is 14.0. The largest absolute Gasteiger partial charge is 0.449 e. The number of rotatable bonds is 4. The lowest BCUT2D eigenvalue weighted by Crippen LogP contribution is -2.13. The van der Waals surface area contributed by atoms with Gasteiger partial charge in [0.05, 0.1) is 11.3 Å². The van der Waals surface area contributed by atoms with E-state index in [0.29, 0.717) is 22.1 Å². The fraction of sp³-hybridized carbons (Fsp3) is 0.0526. The van der Waals surface area contributed by atoms with Gasteiger partial charge in [-0.05, 0) is 24.3 Å². The summed E-state index contributed by atoms with van der Waals surface area (Å²) in [7, 11) is 0. The first-order valence-corrected chi connectivity index (χ1v) is 9.59. The maximum Gasteiger partial charge on any atom is 0.294 e. The SMILES string of the molecule is Nn1c(SCc2nc3c(oc4ccccc43)c(=O)[nH]2)nnc1-c1ccccc1F. The minimum Gasteiger partial charge on any atom is -0.449 e. The Bertz CT molecular complexity index is 1420.